The lowest BCUT2D eigenvalue weighted by Gasteiger charge is -2.13. The molecule has 0 spiro atoms. The van der Waals surface area contributed by atoms with Crippen LogP contribution in [0, 0.1) is 0 Å². The maximum absolute atomic E-state index is 5.73. The van der Waals surface area contributed by atoms with Crippen LogP contribution in [-0.4, -0.2) is 6.10 Å². The lowest BCUT2D eigenvalue weighted by molar-refractivity contribution is 0.242. The molecule has 1 aromatic carbocycles. The van der Waals surface area contributed by atoms with E-state index >= 15 is 0 Å². The van der Waals surface area contributed by atoms with Gasteiger partial charge in [0.05, 0.1) is 6.10 Å². The SMILES string of the molecule is CCC.CCc1ccc(OC(C)C)cc1C1CC1. The summed E-state index contributed by atoms with van der Waals surface area (Å²) < 4.78 is 5.73. The normalized spacial score (nSPS) is 14.1. The summed E-state index contributed by atoms with van der Waals surface area (Å²) in [7, 11) is 0. The quantitative estimate of drug-likeness (QED) is 0.699. The maximum atomic E-state index is 5.73. The molecule has 1 nitrogen and oxygen atoms in total. The molecule has 0 radical (unpaired) electrons. The smallest absolute Gasteiger partial charge is 0.119 e. The summed E-state index contributed by atoms with van der Waals surface area (Å²) in [6, 6.07) is 6.58. The first kappa shape index (κ1) is 15.1. The monoisotopic (exact) mass is 248 g/mol. The third-order valence-corrected chi connectivity index (χ3v) is 2.89. The average Bonchev–Trinajstić information content (AvgIpc) is 3.13. The van der Waals surface area contributed by atoms with Crippen molar-refractivity contribution in [3.05, 3.63) is 29.3 Å². The Labute approximate surface area is 113 Å². The highest BCUT2D eigenvalue weighted by Crippen LogP contribution is 2.43. The second kappa shape index (κ2) is 7.45. The molecule has 1 aliphatic rings. The van der Waals surface area contributed by atoms with Crippen molar-refractivity contribution in [3.8, 4) is 5.75 Å². The first-order valence-corrected chi connectivity index (χ1v) is 7.41. The maximum Gasteiger partial charge on any atom is 0.119 e. The van der Waals surface area contributed by atoms with E-state index in [1.807, 2.05) is 0 Å². The standard InChI is InChI=1S/C14H20O.C3H8/c1-4-11-7-8-13(15-10(2)3)9-14(11)12-5-6-12;1-3-2/h7-10,12H,4-6H2,1-3H3;3H2,1-2H3. The van der Waals surface area contributed by atoms with E-state index in [-0.39, 0.29) is 6.10 Å². The van der Waals surface area contributed by atoms with Crippen LogP contribution in [-0.2, 0) is 6.42 Å². The molecule has 0 bridgehead atoms. The fraction of sp³-hybridized carbons (Fsp3) is 0.647. The Hall–Kier alpha value is -0.980. The van der Waals surface area contributed by atoms with Crippen molar-refractivity contribution in [1.29, 1.82) is 0 Å². The molecule has 0 saturated heterocycles. The van der Waals surface area contributed by atoms with E-state index in [1.165, 1.54) is 30.4 Å². The lowest BCUT2D eigenvalue weighted by atomic mass is 10.0. The summed E-state index contributed by atoms with van der Waals surface area (Å²) in [5.74, 6) is 1.85. The molecule has 1 saturated carbocycles. The summed E-state index contributed by atoms with van der Waals surface area (Å²) in [6.07, 6.45) is 5.37. The fourth-order valence-corrected chi connectivity index (χ4v) is 2.01. The first-order valence-electron chi connectivity index (χ1n) is 7.41. The molecule has 2 rings (SSSR count). The predicted molar refractivity (Wildman–Crippen MR) is 79.5 cm³/mol. The van der Waals surface area contributed by atoms with E-state index in [2.05, 4.69) is 52.8 Å². The first-order chi connectivity index (χ1) is 8.62. The minimum Gasteiger partial charge on any atom is -0.491 e. The average molecular weight is 248 g/mol. The van der Waals surface area contributed by atoms with E-state index in [9.17, 15) is 0 Å². The van der Waals surface area contributed by atoms with Gasteiger partial charge >= 0.3 is 0 Å². The molecule has 0 aromatic heterocycles. The molecule has 1 heteroatoms. The van der Waals surface area contributed by atoms with Gasteiger partial charge in [0, 0.05) is 0 Å². The van der Waals surface area contributed by atoms with E-state index < -0.39 is 0 Å². The molecular formula is C17H28O. The zero-order valence-electron chi connectivity index (χ0n) is 12.6. The Morgan fingerprint density at radius 2 is 1.78 bits per heavy atom. The second-order valence-corrected chi connectivity index (χ2v) is 5.36. The highest BCUT2D eigenvalue weighted by atomic mass is 16.5. The largest absolute Gasteiger partial charge is 0.491 e. The summed E-state index contributed by atoms with van der Waals surface area (Å²) in [5.41, 5.74) is 3.02. The van der Waals surface area contributed by atoms with Gasteiger partial charge in [-0.15, -0.1) is 0 Å². The summed E-state index contributed by atoms with van der Waals surface area (Å²) in [5, 5.41) is 0. The summed E-state index contributed by atoms with van der Waals surface area (Å²) >= 11 is 0. The Balaban J connectivity index is 0.000000492. The number of rotatable bonds is 4. The van der Waals surface area contributed by atoms with Crippen LogP contribution in [0.2, 0.25) is 0 Å². The Morgan fingerprint density at radius 1 is 1.17 bits per heavy atom. The predicted octanol–water partition coefficient (Wildman–Crippen LogP) is 5.33. The van der Waals surface area contributed by atoms with Gasteiger partial charge in [0.2, 0.25) is 0 Å². The highest BCUT2D eigenvalue weighted by Gasteiger charge is 2.25. The van der Waals surface area contributed by atoms with E-state index in [4.69, 9.17) is 4.74 Å². The molecule has 0 unspecified atom stereocenters. The Morgan fingerprint density at radius 3 is 2.22 bits per heavy atom. The van der Waals surface area contributed by atoms with Crippen molar-refractivity contribution in [3.63, 3.8) is 0 Å². The molecule has 0 amide bonds. The second-order valence-electron chi connectivity index (χ2n) is 5.36. The van der Waals surface area contributed by atoms with Crippen molar-refractivity contribution < 1.29 is 4.74 Å². The zero-order valence-corrected chi connectivity index (χ0v) is 12.6. The molecule has 0 aliphatic heterocycles. The van der Waals surface area contributed by atoms with Crippen molar-refractivity contribution in [1.82, 2.24) is 0 Å². The van der Waals surface area contributed by atoms with Crippen LogP contribution < -0.4 is 4.74 Å². The minimum atomic E-state index is 0.268. The van der Waals surface area contributed by atoms with Gasteiger partial charge in [-0.05, 0) is 62.3 Å². The molecule has 102 valence electrons. The number of hydrogen-bond acceptors (Lipinski definition) is 1. The van der Waals surface area contributed by atoms with E-state index in [1.54, 1.807) is 0 Å². The molecule has 18 heavy (non-hydrogen) atoms. The number of aryl methyl sites for hydroxylation is 1. The molecule has 1 aromatic rings. The summed E-state index contributed by atoms with van der Waals surface area (Å²) in [4.78, 5) is 0. The Bertz CT molecular complexity index is 351. The van der Waals surface area contributed by atoms with Crippen molar-refractivity contribution in [2.24, 2.45) is 0 Å². The topological polar surface area (TPSA) is 9.23 Å². The highest BCUT2D eigenvalue weighted by molar-refractivity contribution is 5.40. The molecule has 0 N–H and O–H groups in total. The van der Waals surface area contributed by atoms with Crippen molar-refractivity contribution >= 4 is 0 Å². The molecule has 0 heterocycles. The van der Waals surface area contributed by atoms with Crippen LogP contribution in [0.3, 0.4) is 0 Å². The van der Waals surface area contributed by atoms with Crippen LogP contribution in [0.1, 0.15) is 70.9 Å². The van der Waals surface area contributed by atoms with Crippen molar-refractivity contribution in [2.45, 2.75) is 72.3 Å². The van der Waals surface area contributed by atoms with E-state index in [0.29, 0.717) is 0 Å². The molecule has 0 atom stereocenters. The van der Waals surface area contributed by atoms with E-state index in [0.717, 1.165) is 18.1 Å². The minimum absolute atomic E-state index is 0.268. The summed E-state index contributed by atoms with van der Waals surface area (Å²) in [6.45, 7) is 10.6. The number of hydrogen-bond donors (Lipinski definition) is 0. The van der Waals surface area contributed by atoms with Crippen LogP contribution in [0.15, 0.2) is 18.2 Å². The third kappa shape index (κ3) is 4.72. The van der Waals surface area contributed by atoms with Gasteiger partial charge in [0.15, 0.2) is 0 Å². The van der Waals surface area contributed by atoms with Crippen LogP contribution in [0.25, 0.3) is 0 Å². The van der Waals surface area contributed by atoms with Crippen LogP contribution in [0.5, 0.6) is 5.75 Å². The zero-order chi connectivity index (χ0) is 13.5. The van der Waals surface area contributed by atoms with Gasteiger partial charge in [-0.1, -0.05) is 33.3 Å². The van der Waals surface area contributed by atoms with Crippen molar-refractivity contribution in [2.75, 3.05) is 0 Å². The van der Waals surface area contributed by atoms with Gasteiger partial charge in [0.1, 0.15) is 5.75 Å². The lowest BCUT2D eigenvalue weighted by Crippen LogP contribution is -2.06. The van der Waals surface area contributed by atoms with Gasteiger partial charge in [0.25, 0.3) is 0 Å². The van der Waals surface area contributed by atoms with Gasteiger partial charge in [-0.25, -0.2) is 0 Å². The van der Waals surface area contributed by atoms with Gasteiger partial charge in [-0.2, -0.15) is 0 Å². The van der Waals surface area contributed by atoms with Gasteiger partial charge in [-0.3, -0.25) is 0 Å². The van der Waals surface area contributed by atoms with Crippen LogP contribution in [0.4, 0.5) is 0 Å². The Kier molecular flexibility index (Phi) is 6.24. The number of ether oxygens (including phenoxy) is 1. The fourth-order valence-electron chi connectivity index (χ4n) is 2.01. The molecular weight excluding hydrogens is 220 g/mol. The molecule has 1 fully saturated rings. The molecule has 1 aliphatic carbocycles. The van der Waals surface area contributed by atoms with Crippen LogP contribution >= 0.6 is 0 Å². The third-order valence-electron chi connectivity index (χ3n) is 2.89. The number of benzene rings is 1. The van der Waals surface area contributed by atoms with Gasteiger partial charge < -0.3 is 4.74 Å².